The molecule has 0 aromatic carbocycles. The molecular formula is C24H44O4. The van der Waals surface area contributed by atoms with Gasteiger partial charge in [0.05, 0.1) is 25.4 Å². The maximum Gasteiger partial charge on any atom is 0.312 e. The lowest BCUT2D eigenvalue weighted by Crippen LogP contribution is -2.18. The fourth-order valence-corrected chi connectivity index (χ4v) is 3.11. The first kappa shape index (κ1) is 26.7. The molecule has 2 atom stereocenters. The molecule has 0 saturated carbocycles. The van der Waals surface area contributed by atoms with Crippen LogP contribution in [0.2, 0.25) is 0 Å². The van der Waals surface area contributed by atoms with E-state index in [0.717, 1.165) is 69.1 Å². The van der Waals surface area contributed by atoms with Gasteiger partial charge in [0.15, 0.2) is 6.79 Å². The third kappa shape index (κ3) is 13.0. The molecule has 0 N–H and O–H groups in total. The van der Waals surface area contributed by atoms with Crippen molar-refractivity contribution < 1.29 is 19.0 Å². The average molecular weight is 397 g/mol. The van der Waals surface area contributed by atoms with Gasteiger partial charge in [-0.25, -0.2) is 0 Å². The van der Waals surface area contributed by atoms with E-state index in [1.165, 1.54) is 20.0 Å². The Bertz CT molecular complexity index is 430. The molecule has 164 valence electrons. The normalized spacial score (nSPS) is 13.0. The highest BCUT2D eigenvalue weighted by Crippen LogP contribution is 2.23. The van der Waals surface area contributed by atoms with Crippen molar-refractivity contribution in [1.29, 1.82) is 0 Å². The predicted molar refractivity (Wildman–Crippen MR) is 117 cm³/mol. The van der Waals surface area contributed by atoms with Crippen LogP contribution in [0, 0.1) is 11.8 Å². The van der Waals surface area contributed by atoms with E-state index in [0.29, 0.717) is 19.3 Å². The van der Waals surface area contributed by atoms with Gasteiger partial charge in [0, 0.05) is 5.92 Å². The van der Waals surface area contributed by atoms with Crippen molar-refractivity contribution in [3.8, 4) is 0 Å². The Hall–Kier alpha value is -1.29. The van der Waals surface area contributed by atoms with E-state index in [1.807, 2.05) is 0 Å². The summed E-state index contributed by atoms with van der Waals surface area (Å²) < 4.78 is 16.1. The van der Waals surface area contributed by atoms with Gasteiger partial charge in [-0.15, -0.1) is 0 Å². The maximum atomic E-state index is 11.9. The lowest BCUT2D eigenvalue weighted by Gasteiger charge is -2.17. The summed E-state index contributed by atoms with van der Waals surface area (Å²) in [5.74, 6) is 0.939. The van der Waals surface area contributed by atoms with Crippen molar-refractivity contribution in [2.45, 2.75) is 91.4 Å². The first-order valence-corrected chi connectivity index (χ1v) is 11.1. The van der Waals surface area contributed by atoms with E-state index in [1.54, 1.807) is 0 Å². The van der Waals surface area contributed by atoms with Gasteiger partial charge in [0.2, 0.25) is 0 Å². The smallest absolute Gasteiger partial charge is 0.312 e. The van der Waals surface area contributed by atoms with Crippen LogP contribution in [0.5, 0.6) is 0 Å². The van der Waals surface area contributed by atoms with Crippen LogP contribution in [-0.2, 0) is 19.0 Å². The van der Waals surface area contributed by atoms with Gasteiger partial charge in [0.1, 0.15) is 0 Å². The van der Waals surface area contributed by atoms with Gasteiger partial charge in [-0.1, -0.05) is 78.0 Å². The van der Waals surface area contributed by atoms with Crippen LogP contribution in [0.1, 0.15) is 91.4 Å². The lowest BCUT2D eigenvalue weighted by molar-refractivity contribution is -0.144. The van der Waals surface area contributed by atoms with Gasteiger partial charge >= 0.3 is 5.97 Å². The largest absolute Gasteiger partial charge is 0.472 e. The molecule has 0 spiro atoms. The highest BCUT2D eigenvalue weighted by Gasteiger charge is 2.21. The molecule has 0 aliphatic rings. The van der Waals surface area contributed by atoms with E-state index < -0.39 is 0 Å². The number of esters is 1. The van der Waals surface area contributed by atoms with Crippen molar-refractivity contribution in [3.05, 3.63) is 24.5 Å². The van der Waals surface area contributed by atoms with Crippen molar-refractivity contribution in [1.82, 2.24) is 0 Å². The van der Waals surface area contributed by atoms with Crippen LogP contribution in [-0.4, -0.2) is 26.5 Å². The molecule has 2 unspecified atom stereocenters. The molecule has 0 amide bonds. The highest BCUT2D eigenvalue weighted by molar-refractivity contribution is 5.75. The highest BCUT2D eigenvalue weighted by atomic mass is 16.7. The zero-order valence-electron chi connectivity index (χ0n) is 18.9. The number of methoxy groups -OCH3 is 1. The van der Waals surface area contributed by atoms with E-state index in [9.17, 15) is 4.79 Å². The molecule has 4 heteroatoms. The number of carbonyl (C=O) groups is 1. The van der Waals surface area contributed by atoms with Crippen LogP contribution in [0.15, 0.2) is 24.5 Å². The molecule has 0 saturated heterocycles. The Morgan fingerprint density at radius 3 is 2.21 bits per heavy atom. The molecule has 0 heterocycles. The summed E-state index contributed by atoms with van der Waals surface area (Å²) in [6.45, 7) is 15.6. The van der Waals surface area contributed by atoms with E-state index in [4.69, 9.17) is 14.2 Å². The molecule has 0 rings (SSSR count). The molecule has 0 radical (unpaired) electrons. The van der Waals surface area contributed by atoms with E-state index in [2.05, 4.69) is 33.9 Å². The molecule has 0 fully saturated rings. The number of hydrogen-bond acceptors (Lipinski definition) is 4. The Balaban J connectivity index is 3.73. The third-order valence-corrected chi connectivity index (χ3v) is 5.23. The Kier molecular flexibility index (Phi) is 17.0. The summed E-state index contributed by atoms with van der Waals surface area (Å²) >= 11 is 0. The summed E-state index contributed by atoms with van der Waals surface area (Å²) in [7, 11) is 1.46. The first-order valence-electron chi connectivity index (χ1n) is 11.1. The van der Waals surface area contributed by atoms with E-state index >= 15 is 0 Å². The first-order chi connectivity index (χ1) is 13.5. The quantitative estimate of drug-likeness (QED) is 0.0791. The van der Waals surface area contributed by atoms with Crippen molar-refractivity contribution >= 4 is 5.97 Å². The van der Waals surface area contributed by atoms with Gasteiger partial charge in [-0.2, -0.15) is 0 Å². The van der Waals surface area contributed by atoms with Gasteiger partial charge < -0.3 is 14.2 Å². The fraction of sp³-hybridized carbons (Fsp3) is 0.792. The summed E-state index contributed by atoms with van der Waals surface area (Å²) in [5, 5.41) is 0. The Labute approximate surface area is 173 Å². The fourth-order valence-electron chi connectivity index (χ4n) is 3.11. The van der Waals surface area contributed by atoms with Gasteiger partial charge in [-0.3, -0.25) is 4.79 Å². The minimum absolute atomic E-state index is 0.141. The van der Waals surface area contributed by atoms with Gasteiger partial charge in [-0.05, 0) is 32.1 Å². The molecule has 0 aliphatic heterocycles. The predicted octanol–water partition coefficient (Wildman–Crippen LogP) is 6.80. The van der Waals surface area contributed by atoms with Crippen molar-refractivity contribution in [2.75, 3.05) is 20.5 Å². The number of hydrogen-bond donors (Lipinski definition) is 0. The lowest BCUT2D eigenvalue weighted by atomic mass is 9.91. The average Bonchev–Trinajstić information content (AvgIpc) is 2.70. The number of rotatable bonds is 19. The Morgan fingerprint density at radius 2 is 1.57 bits per heavy atom. The molecule has 0 aliphatic carbocycles. The second-order valence-corrected chi connectivity index (χ2v) is 7.72. The van der Waals surface area contributed by atoms with Crippen LogP contribution in [0.3, 0.4) is 0 Å². The molecular weight excluding hydrogens is 352 g/mol. The zero-order chi connectivity index (χ0) is 21.2. The Morgan fingerprint density at radius 1 is 0.929 bits per heavy atom. The second-order valence-electron chi connectivity index (χ2n) is 7.72. The van der Waals surface area contributed by atoms with Crippen LogP contribution < -0.4 is 0 Å². The number of carbonyl (C=O) groups excluding carboxylic acids is 1. The summed E-state index contributed by atoms with van der Waals surface area (Å²) in [5.41, 5.74) is 1.01. The van der Waals surface area contributed by atoms with E-state index in [-0.39, 0.29) is 11.9 Å². The molecule has 0 bridgehead atoms. The van der Waals surface area contributed by atoms with Crippen LogP contribution in [0.25, 0.3) is 0 Å². The second kappa shape index (κ2) is 17.8. The SMILES string of the molecule is C=C(OCOCCCCCCC(=C)C(CCCC)C(=O)OC)C(C)CCCC. The van der Waals surface area contributed by atoms with Crippen LogP contribution >= 0.6 is 0 Å². The monoisotopic (exact) mass is 396 g/mol. The topological polar surface area (TPSA) is 44.8 Å². The van der Waals surface area contributed by atoms with Crippen molar-refractivity contribution in [3.63, 3.8) is 0 Å². The maximum absolute atomic E-state index is 11.9. The number of ether oxygens (including phenoxy) is 3. The molecule has 0 aromatic rings. The molecule has 28 heavy (non-hydrogen) atoms. The minimum atomic E-state index is -0.141. The summed E-state index contributed by atoms with van der Waals surface area (Å²) in [6, 6.07) is 0. The number of allylic oxidation sites excluding steroid dienone is 1. The van der Waals surface area contributed by atoms with Crippen LogP contribution in [0.4, 0.5) is 0 Å². The zero-order valence-corrected chi connectivity index (χ0v) is 18.9. The standard InChI is InChI=1S/C24H44O4/c1-7-9-15-20(3)22(5)28-19-27-18-14-12-11-13-16-21(4)23(17-10-8-2)24(25)26-6/h20,23H,4-5,7-19H2,1-3,6H3. The molecule has 0 aromatic heterocycles. The summed E-state index contributed by atoms with van der Waals surface area (Å²) in [6.07, 6.45) is 11.7. The summed E-state index contributed by atoms with van der Waals surface area (Å²) in [4.78, 5) is 11.9. The van der Waals surface area contributed by atoms with Crippen molar-refractivity contribution in [2.24, 2.45) is 11.8 Å². The third-order valence-electron chi connectivity index (χ3n) is 5.23. The molecule has 4 nitrogen and oxygen atoms in total. The number of unbranched alkanes of at least 4 members (excludes halogenated alkanes) is 5. The van der Waals surface area contributed by atoms with Gasteiger partial charge in [0.25, 0.3) is 0 Å². The minimum Gasteiger partial charge on any atom is -0.472 e.